The van der Waals surface area contributed by atoms with Crippen LogP contribution in [0.1, 0.15) is 31.2 Å². The lowest BCUT2D eigenvalue weighted by molar-refractivity contribution is -0.116. The molecule has 3 rings (SSSR count). The number of nitrogens with zero attached hydrogens (tertiary/aromatic N) is 3. The first-order chi connectivity index (χ1) is 13.2. The third kappa shape index (κ3) is 4.25. The van der Waals surface area contributed by atoms with E-state index in [1.165, 1.54) is 33.3 Å². The van der Waals surface area contributed by atoms with Crippen LogP contribution < -0.4 is 5.32 Å². The van der Waals surface area contributed by atoms with Crippen LogP contribution in [-0.4, -0.2) is 41.5 Å². The van der Waals surface area contributed by atoms with Crippen LogP contribution in [0.4, 0.5) is 10.1 Å². The molecule has 0 aliphatic carbocycles. The molecule has 28 heavy (non-hydrogen) atoms. The van der Waals surface area contributed by atoms with E-state index in [4.69, 9.17) is 0 Å². The Morgan fingerprint density at radius 2 is 1.82 bits per heavy atom. The quantitative estimate of drug-likeness (QED) is 0.824. The van der Waals surface area contributed by atoms with Crippen molar-refractivity contribution in [1.82, 2.24) is 14.1 Å². The van der Waals surface area contributed by atoms with Crippen LogP contribution in [-0.2, 0) is 21.4 Å². The van der Waals surface area contributed by atoms with Gasteiger partial charge in [-0.05, 0) is 56.9 Å². The topological polar surface area (TPSA) is 84.3 Å². The second-order valence-corrected chi connectivity index (χ2v) is 9.17. The Morgan fingerprint density at radius 3 is 2.43 bits per heavy atom. The zero-order valence-electron chi connectivity index (χ0n) is 16.3. The molecular formula is C19H25FN4O3S. The first-order valence-electron chi connectivity index (χ1n) is 9.28. The largest absolute Gasteiger partial charge is 0.324 e. The van der Waals surface area contributed by atoms with Gasteiger partial charge in [-0.1, -0.05) is 6.92 Å². The van der Waals surface area contributed by atoms with Gasteiger partial charge in [0.15, 0.2) is 0 Å². The zero-order chi connectivity index (χ0) is 20.5. The van der Waals surface area contributed by atoms with E-state index in [1.54, 1.807) is 13.8 Å². The van der Waals surface area contributed by atoms with Crippen molar-refractivity contribution >= 4 is 21.6 Å². The minimum Gasteiger partial charge on any atom is -0.324 e. The van der Waals surface area contributed by atoms with Gasteiger partial charge in [0.05, 0.1) is 11.4 Å². The first kappa shape index (κ1) is 20.5. The molecule has 0 bridgehead atoms. The number of amides is 1. The highest BCUT2D eigenvalue weighted by Crippen LogP contribution is 2.27. The first-order valence-corrected chi connectivity index (χ1v) is 10.7. The summed E-state index contributed by atoms with van der Waals surface area (Å²) in [5.74, 6) is -0.238. The lowest BCUT2D eigenvalue weighted by Crippen LogP contribution is -2.38. The van der Waals surface area contributed by atoms with E-state index in [0.29, 0.717) is 36.1 Å². The van der Waals surface area contributed by atoms with Gasteiger partial charge in [0.2, 0.25) is 15.9 Å². The summed E-state index contributed by atoms with van der Waals surface area (Å²) in [4.78, 5) is 12.5. The zero-order valence-corrected chi connectivity index (χ0v) is 17.1. The lowest BCUT2D eigenvalue weighted by atomic mass is 10.0. The Labute approximate surface area is 164 Å². The number of rotatable bonds is 5. The van der Waals surface area contributed by atoms with Crippen molar-refractivity contribution in [1.29, 1.82) is 0 Å². The van der Waals surface area contributed by atoms with Gasteiger partial charge in [-0.3, -0.25) is 9.48 Å². The maximum Gasteiger partial charge on any atom is 0.246 e. The van der Waals surface area contributed by atoms with E-state index < -0.39 is 15.8 Å². The number of nitrogens with one attached hydrogen (secondary N) is 1. The Hall–Kier alpha value is -2.26. The fourth-order valence-corrected chi connectivity index (χ4v) is 5.27. The number of carbonyl (C=O) groups excluding carboxylic acids is 1. The Morgan fingerprint density at radius 1 is 1.21 bits per heavy atom. The lowest BCUT2D eigenvalue weighted by Gasteiger charge is -2.29. The van der Waals surface area contributed by atoms with E-state index in [2.05, 4.69) is 17.3 Å². The number of carbonyl (C=O) groups is 1. The van der Waals surface area contributed by atoms with Crippen LogP contribution in [0, 0.1) is 25.6 Å². The summed E-state index contributed by atoms with van der Waals surface area (Å²) in [6.45, 7) is 6.29. The summed E-state index contributed by atoms with van der Waals surface area (Å²) in [7, 11) is -3.65. The van der Waals surface area contributed by atoms with Crippen molar-refractivity contribution in [3.63, 3.8) is 0 Å². The number of benzene rings is 1. The number of sulfonamides is 1. The van der Waals surface area contributed by atoms with Gasteiger partial charge >= 0.3 is 0 Å². The van der Waals surface area contributed by atoms with Crippen LogP contribution in [0.15, 0.2) is 29.2 Å². The summed E-state index contributed by atoms with van der Waals surface area (Å²) in [5.41, 5.74) is 1.28. The average molecular weight is 408 g/mol. The summed E-state index contributed by atoms with van der Waals surface area (Å²) in [5, 5.41) is 6.93. The monoisotopic (exact) mass is 408 g/mol. The second kappa shape index (κ2) is 8.00. The Balaban J connectivity index is 1.77. The average Bonchev–Trinajstić information content (AvgIpc) is 2.91. The van der Waals surface area contributed by atoms with E-state index >= 15 is 0 Å². The molecule has 2 aromatic rings. The molecule has 1 aliphatic rings. The van der Waals surface area contributed by atoms with E-state index in [9.17, 15) is 17.6 Å². The number of piperidine rings is 1. The number of hydrogen-bond donors (Lipinski definition) is 1. The van der Waals surface area contributed by atoms with E-state index in [-0.39, 0.29) is 17.3 Å². The van der Waals surface area contributed by atoms with Gasteiger partial charge in [0.1, 0.15) is 17.3 Å². The Kier molecular flexibility index (Phi) is 5.85. The van der Waals surface area contributed by atoms with Crippen molar-refractivity contribution in [3.05, 3.63) is 41.5 Å². The van der Waals surface area contributed by atoms with Gasteiger partial charge < -0.3 is 5.32 Å². The molecule has 0 radical (unpaired) electrons. The molecule has 1 fully saturated rings. The summed E-state index contributed by atoms with van der Waals surface area (Å²) in [6, 6.07) is 5.43. The predicted molar refractivity (Wildman–Crippen MR) is 104 cm³/mol. The minimum atomic E-state index is -3.65. The van der Waals surface area contributed by atoms with Gasteiger partial charge in [0, 0.05) is 18.8 Å². The molecule has 2 heterocycles. The fourth-order valence-electron chi connectivity index (χ4n) is 3.43. The molecule has 7 nitrogen and oxygen atoms in total. The third-order valence-corrected chi connectivity index (χ3v) is 7.23. The maximum atomic E-state index is 13.1. The molecule has 0 saturated carbocycles. The van der Waals surface area contributed by atoms with Gasteiger partial charge in [-0.15, -0.1) is 0 Å². The number of aromatic nitrogens is 2. The van der Waals surface area contributed by atoms with Crippen LogP contribution in [0.3, 0.4) is 0 Å². The highest BCUT2D eigenvalue weighted by molar-refractivity contribution is 7.89. The number of halogens is 1. The standard InChI is InChI=1S/C19H25FN4O3S/c1-13-8-10-23(11-9-13)28(26,27)19-14(2)22-24(15(19)3)12-18(25)21-17-6-4-16(20)5-7-17/h4-7,13H,8-12H2,1-3H3,(H,21,25). The number of hydrogen-bond acceptors (Lipinski definition) is 4. The SMILES string of the molecule is Cc1nn(CC(=O)Nc2ccc(F)cc2)c(C)c1S(=O)(=O)N1CCC(C)CC1. The molecule has 152 valence electrons. The molecule has 9 heteroatoms. The van der Waals surface area contributed by atoms with Crippen molar-refractivity contribution in [2.75, 3.05) is 18.4 Å². The number of aryl methyl sites for hydroxylation is 1. The third-order valence-electron chi connectivity index (χ3n) is 5.08. The molecule has 1 N–H and O–H groups in total. The smallest absolute Gasteiger partial charge is 0.246 e. The van der Waals surface area contributed by atoms with Gasteiger partial charge in [-0.25, -0.2) is 12.8 Å². The second-order valence-electron chi connectivity index (χ2n) is 7.30. The molecule has 0 unspecified atom stereocenters. The van der Waals surface area contributed by atoms with Crippen molar-refractivity contribution in [3.8, 4) is 0 Å². The molecule has 1 aromatic heterocycles. The summed E-state index contributed by atoms with van der Waals surface area (Å²) >= 11 is 0. The molecular weight excluding hydrogens is 383 g/mol. The van der Waals surface area contributed by atoms with Crippen LogP contribution in [0.25, 0.3) is 0 Å². The summed E-state index contributed by atoms with van der Waals surface area (Å²) < 4.78 is 42.1. The molecule has 0 spiro atoms. The normalized spacial score (nSPS) is 16.3. The highest BCUT2D eigenvalue weighted by Gasteiger charge is 2.33. The van der Waals surface area contributed by atoms with Crippen molar-refractivity contribution < 1.29 is 17.6 Å². The maximum absolute atomic E-state index is 13.1. The van der Waals surface area contributed by atoms with Gasteiger partial charge in [0.25, 0.3) is 0 Å². The van der Waals surface area contributed by atoms with Crippen LogP contribution >= 0.6 is 0 Å². The van der Waals surface area contributed by atoms with Crippen LogP contribution in [0.5, 0.6) is 0 Å². The fraction of sp³-hybridized carbons (Fsp3) is 0.474. The highest BCUT2D eigenvalue weighted by atomic mass is 32.2. The molecule has 1 aromatic carbocycles. The van der Waals surface area contributed by atoms with Gasteiger partial charge in [-0.2, -0.15) is 9.40 Å². The predicted octanol–water partition coefficient (Wildman–Crippen LogP) is 2.70. The molecule has 1 amide bonds. The summed E-state index contributed by atoms with van der Waals surface area (Å²) in [6.07, 6.45) is 1.68. The van der Waals surface area contributed by atoms with Crippen molar-refractivity contribution in [2.45, 2.75) is 45.1 Å². The molecule has 1 saturated heterocycles. The van der Waals surface area contributed by atoms with E-state index in [1.807, 2.05) is 0 Å². The molecule has 0 atom stereocenters. The minimum absolute atomic E-state index is 0.128. The van der Waals surface area contributed by atoms with Crippen LogP contribution in [0.2, 0.25) is 0 Å². The molecule has 1 aliphatic heterocycles. The van der Waals surface area contributed by atoms with E-state index in [0.717, 1.165) is 12.8 Å². The Bertz CT molecular complexity index is 962. The van der Waals surface area contributed by atoms with Crippen molar-refractivity contribution in [2.24, 2.45) is 5.92 Å². The number of anilines is 1.